The van der Waals surface area contributed by atoms with E-state index in [1.807, 2.05) is 37.4 Å². The number of thioether (sulfide) groups is 1. The summed E-state index contributed by atoms with van der Waals surface area (Å²) in [5, 5.41) is 13.6. The van der Waals surface area contributed by atoms with E-state index in [-0.39, 0.29) is 6.04 Å². The Morgan fingerprint density at radius 1 is 1.27 bits per heavy atom. The first kappa shape index (κ1) is 16.3. The van der Waals surface area contributed by atoms with Gasteiger partial charge in [0.2, 0.25) is 0 Å². The molecule has 0 bridgehead atoms. The molecule has 1 aromatic heterocycles. The van der Waals surface area contributed by atoms with Crippen LogP contribution >= 0.6 is 11.8 Å². The van der Waals surface area contributed by atoms with Crippen LogP contribution in [0.5, 0.6) is 0 Å². The molecule has 0 saturated heterocycles. The third kappa shape index (κ3) is 3.58. The van der Waals surface area contributed by atoms with Gasteiger partial charge in [-0.25, -0.2) is 9.97 Å². The fraction of sp³-hybridized carbons (Fsp3) is 0.353. The van der Waals surface area contributed by atoms with Gasteiger partial charge < -0.3 is 5.32 Å². The van der Waals surface area contributed by atoms with Gasteiger partial charge in [0.1, 0.15) is 17.5 Å². The number of aromatic nitrogens is 2. The molecule has 2 aromatic rings. The summed E-state index contributed by atoms with van der Waals surface area (Å²) in [6, 6.07) is 10.6. The topological polar surface area (TPSA) is 61.6 Å². The van der Waals surface area contributed by atoms with Gasteiger partial charge in [-0.3, -0.25) is 0 Å². The van der Waals surface area contributed by atoms with Gasteiger partial charge >= 0.3 is 0 Å². The summed E-state index contributed by atoms with van der Waals surface area (Å²) in [7, 11) is 0. The lowest BCUT2D eigenvalue weighted by Crippen LogP contribution is -2.16. The predicted molar refractivity (Wildman–Crippen MR) is 92.1 cm³/mol. The van der Waals surface area contributed by atoms with Crippen LogP contribution in [0.2, 0.25) is 0 Å². The highest BCUT2D eigenvalue weighted by Gasteiger charge is 2.16. The Bertz CT molecular complexity index is 689. The summed E-state index contributed by atoms with van der Waals surface area (Å²) in [5.74, 6) is 0.617. The second-order valence-corrected chi connectivity index (χ2v) is 5.99. The molecule has 0 aliphatic rings. The minimum Gasteiger partial charge on any atom is -0.366 e. The molecule has 1 atom stereocenters. The number of hydrogen-bond donors (Lipinski definition) is 1. The van der Waals surface area contributed by atoms with E-state index in [0.717, 1.165) is 12.0 Å². The van der Waals surface area contributed by atoms with Crippen LogP contribution in [0.3, 0.4) is 0 Å². The molecule has 5 heteroatoms. The second-order valence-electron chi connectivity index (χ2n) is 5.21. The lowest BCUT2D eigenvalue weighted by Gasteiger charge is -2.16. The van der Waals surface area contributed by atoms with Crippen molar-refractivity contribution in [3.05, 3.63) is 35.4 Å². The molecule has 1 N–H and O–H groups in total. The summed E-state index contributed by atoms with van der Waals surface area (Å²) in [5.41, 5.74) is 3.31. The third-order valence-corrected chi connectivity index (χ3v) is 4.05. The maximum Gasteiger partial charge on any atom is 0.189 e. The lowest BCUT2D eigenvalue weighted by molar-refractivity contribution is 0.753. The molecule has 1 heterocycles. The van der Waals surface area contributed by atoms with Crippen LogP contribution in [0, 0.1) is 18.3 Å². The Kier molecular flexibility index (Phi) is 5.40. The number of nitrogens with zero attached hydrogens (tertiary/aromatic N) is 3. The average Bonchev–Trinajstić information content (AvgIpc) is 2.54. The number of nitriles is 1. The quantitative estimate of drug-likeness (QED) is 0.660. The van der Waals surface area contributed by atoms with Gasteiger partial charge in [0.05, 0.1) is 5.69 Å². The van der Waals surface area contributed by atoms with Crippen molar-refractivity contribution in [2.75, 3.05) is 11.6 Å². The summed E-state index contributed by atoms with van der Waals surface area (Å²) in [6.07, 6.45) is 2.90. The van der Waals surface area contributed by atoms with Crippen molar-refractivity contribution in [2.45, 2.75) is 38.4 Å². The van der Waals surface area contributed by atoms with E-state index >= 15 is 0 Å². The van der Waals surface area contributed by atoms with E-state index in [1.54, 1.807) is 0 Å². The van der Waals surface area contributed by atoms with Crippen LogP contribution < -0.4 is 5.32 Å². The molecule has 114 valence electrons. The van der Waals surface area contributed by atoms with Gasteiger partial charge in [0, 0.05) is 11.6 Å². The van der Waals surface area contributed by atoms with Crippen molar-refractivity contribution in [1.29, 1.82) is 5.26 Å². The van der Waals surface area contributed by atoms with E-state index in [4.69, 9.17) is 0 Å². The van der Waals surface area contributed by atoms with Crippen molar-refractivity contribution in [3.63, 3.8) is 0 Å². The number of aryl methyl sites for hydroxylation is 1. The molecule has 0 saturated carbocycles. The zero-order valence-electron chi connectivity index (χ0n) is 13.3. The molecule has 0 amide bonds. The molecule has 22 heavy (non-hydrogen) atoms. The summed E-state index contributed by atoms with van der Waals surface area (Å²) >= 11 is 1.48. The Balaban J connectivity index is 2.59. The highest BCUT2D eigenvalue weighted by Crippen LogP contribution is 2.29. The van der Waals surface area contributed by atoms with Gasteiger partial charge in [-0.15, -0.1) is 0 Å². The van der Waals surface area contributed by atoms with Crippen molar-refractivity contribution in [3.8, 4) is 17.3 Å². The zero-order valence-corrected chi connectivity index (χ0v) is 14.2. The predicted octanol–water partition coefficient (Wildman–Crippen LogP) is 4.26. The highest BCUT2D eigenvalue weighted by atomic mass is 32.2. The van der Waals surface area contributed by atoms with Crippen molar-refractivity contribution in [2.24, 2.45) is 0 Å². The summed E-state index contributed by atoms with van der Waals surface area (Å²) < 4.78 is 0. The maximum absolute atomic E-state index is 9.59. The van der Waals surface area contributed by atoms with Gasteiger partial charge in [-0.1, -0.05) is 48.5 Å². The largest absolute Gasteiger partial charge is 0.366 e. The molecular formula is C17H20N4S. The molecule has 0 fully saturated rings. The van der Waals surface area contributed by atoms with E-state index in [1.165, 1.54) is 17.3 Å². The minimum absolute atomic E-state index is 0.252. The molecule has 1 aromatic carbocycles. The van der Waals surface area contributed by atoms with E-state index in [9.17, 15) is 5.26 Å². The van der Waals surface area contributed by atoms with Crippen LogP contribution in [0.25, 0.3) is 11.3 Å². The van der Waals surface area contributed by atoms with Gasteiger partial charge in [0.15, 0.2) is 5.16 Å². The molecule has 0 unspecified atom stereocenters. The van der Waals surface area contributed by atoms with Crippen molar-refractivity contribution in [1.82, 2.24) is 9.97 Å². The van der Waals surface area contributed by atoms with Crippen LogP contribution in [-0.2, 0) is 0 Å². The van der Waals surface area contributed by atoms with Gasteiger partial charge in [-0.2, -0.15) is 5.26 Å². The van der Waals surface area contributed by atoms with E-state index in [2.05, 4.69) is 35.2 Å². The first-order valence-electron chi connectivity index (χ1n) is 7.28. The fourth-order valence-corrected chi connectivity index (χ4v) is 2.36. The molecule has 4 nitrogen and oxygen atoms in total. The Labute approximate surface area is 136 Å². The van der Waals surface area contributed by atoms with Gasteiger partial charge in [-0.05, 0) is 26.5 Å². The Morgan fingerprint density at radius 3 is 2.50 bits per heavy atom. The van der Waals surface area contributed by atoms with Gasteiger partial charge in [0.25, 0.3) is 0 Å². The summed E-state index contributed by atoms with van der Waals surface area (Å²) in [4.78, 5) is 9.02. The first-order chi connectivity index (χ1) is 10.6. The average molecular weight is 312 g/mol. The normalized spacial score (nSPS) is 11.8. The van der Waals surface area contributed by atoms with Crippen LogP contribution in [0.1, 0.15) is 31.4 Å². The SMILES string of the molecule is CC[C@H](C)Nc1nc(SC)nc(-c2ccc(C)cc2)c1C#N. The van der Waals surface area contributed by atoms with Crippen molar-refractivity contribution >= 4 is 17.6 Å². The second kappa shape index (κ2) is 7.28. The first-order valence-corrected chi connectivity index (χ1v) is 8.51. The van der Waals surface area contributed by atoms with Crippen LogP contribution in [0.4, 0.5) is 5.82 Å². The van der Waals surface area contributed by atoms with Crippen LogP contribution in [-0.4, -0.2) is 22.3 Å². The maximum atomic E-state index is 9.59. The molecule has 0 spiro atoms. The number of nitrogens with one attached hydrogen (secondary N) is 1. The fourth-order valence-electron chi connectivity index (χ4n) is 2.00. The highest BCUT2D eigenvalue weighted by molar-refractivity contribution is 7.98. The Morgan fingerprint density at radius 2 is 1.95 bits per heavy atom. The zero-order chi connectivity index (χ0) is 16.1. The van der Waals surface area contributed by atoms with Crippen molar-refractivity contribution < 1.29 is 0 Å². The molecule has 0 aliphatic carbocycles. The monoisotopic (exact) mass is 312 g/mol. The molecule has 0 radical (unpaired) electrons. The lowest BCUT2D eigenvalue weighted by atomic mass is 10.1. The molecular weight excluding hydrogens is 292 g/mol. The number of benzene rings is 1. The number of hydrogen-bond acceptors (Lipinski definition) is 5. The summed E-state index contributed by atoms with van der Waals surface area (Å²) in [6.45, 7) is 6.22. The van der Waals surface area contributed by atoms with E-state index < -0.39 is 0 Å². The Hall–Kier alpha value is -2.06. The molecule has 0 aliphatic heterocycles. The van der Waals surface area contributed by atoms with Crippen LogP contribution in [0.15, 0.2) is 29.4 Å². The van der Waals surface area contributed by atoms with E-state index in [0.29, 0.717) is 22.2 Å². The minimum atomic E-state index is 0.252. The third-order valence-electron chi connectivity index (χ3n) is 3.50. The standard InChI is InChI=1S/C17H20N4S/c1-5-12(3)19-16-14(10-18)15(20-17(21-16)22-4)13-8-6-11(2)7-9-13/h6-9,12H,5H2,1-4H3,(H,19,20,21)/t12-/m0/s1. The molecule has 2 rings (SSSR count). The smallest absolute Gasteiger partial charge is 0.189 e. The number of anilines is 1. The number of rotatable bonds is 5.